The normalized spacial score (nSPS) is 12.5. The van der Waals surface area contributed by atoms with Crippen LogP contribution >= 0.6 is 11.3 Å². The van der Waals surface area contributed by atoms with Gasteiger partial charge >= 0.3 is 0 Å². The highest BCUT2D eigenvalue weighted by Crippen LogP contribution is 2.32. The van der Waals surface area contributed by atoms with Crippen molar-refractivity contribution in [3.63, 3.8) is 0 Å². The summed E-state index contributed by atoms with van der Waals surface area (Å²) in [4.78, 5) is 16.7. The molecular weight excluding hydrogens is 262 g/mol. The van der Waals surface area contributed by atoms with Crippen LogP contribution in [0.5, 0.6) is 0 Å². The zero-order valence-corrected chi connectivity index (χ0v) is 11.5. The van der Waals surface area contributed by atoms with E-state index in [1.54, 1.807) is 12.4 Å². The summed E-state index contributed by atoms with van der Waals surface area (Å²) in [7, 11) is 0. The van der Waals surface area contributed by atoms with E-state index in [1.807, 2.05) is 13.0 Å². The third-order valence-electron chi connectivity index (χ3n) is 2.91. The number of fused-ring (bicyclic) bond motifs is 1. The molecule has 2 rings (SSSR count). The minimum absolute atomic E-state index is 0.0161. The lowest BCUT2D eigenvalue weighted by molar-refractivity contribution is 0.0941. The molecule has 0 aliphatic heterocycles. The number of aromatic nitrogens is 1. The molecule has 0 bridgehead atoms. The highest BCUT2D eigenvalue weighted by molar-refractivity contribution is 7.21. The van der Waals surface area contributed by atoms with Gasteiger partial charge in [0.25, 0.3) is 5.91 Å². The number of aliphatic hydroxyl groups excluding tert-OH is 1. The smallest absolute Gasteiger partial charge is 0.263 e. The SMILES string of the molecule is CC(CCCO)NC(=O)c1sc2cnccc2c1N. The van der Waals surface area contributed by atoms with Crippen LogP contribution in [0.2, 0.25) is 0 Å². The second-order valence-electron chi connectivity index (χ2n) is 4.46. The molecule has 0 saturated carbocycles. The summed E-state index contributed by atoms with van der Waals surface area (Å²) in [5.74, 6) is -0.163. The van der Waals surface area contributed by atoms with Crippen LogP contribution in [0.4, 0.5) is 5.69 Å². The van der Waals surface area contributed by atoms with Crippen molar-refractivity contribution in [3.05, 3.63) is 23.3 Å². The predicted octanol–water partition coefficient (Wildman–Crippen LogP) is 1.77. The van der Waals surface area contributed by atoms with Crippen molar-refractivity contribution in [1.82, 2.24) is 10.3 Å². The summed E-state index contributed by atoms with van der Waals surface area (Å²) in [6.07, 6.45) is 4.79. The molecule has 0 aliphatic rings. The van der Waals surface area contributed by atoms with Crippen molar-refractivity contribution >= 4 is 33.0 Å². The number of nitrogen functional groups attached to an aromatic ring is 1. The molecule has 0 aliphatic carbocycles. The number of carbonyl (C=O) groups is 1. The standard InChI is InChI=1S/C13H17N3O2S/c1-8(3-2-6-17)16-13(18)12-11(14)9-4-5-15-7-10(9)19-12/h4-5,7-8,17H,2-3,6,14H2,1H3,(H,16,18). The fraction of sp³-hybridized carbons (Fsp3) is 0.385. The van der Waals surface area contributed by atoms with Gasteiger partial charge in [-0.05, 0) is 25.8 Å². The molecule has 0 aromatic carbocycles. The summed E-state index contributed by atoms with van der Waals surface area (Å²) in [6, 6.07) is 1.83. The Balaban J connectivity index is 2.15. The van der Waals surface area contributed by atoms with Crippen molar-refractivity contribution in [2.45, 2.75) is 25.8 Å². The summed E-state index contributed by atoms with van der Waals surface area (Å²) in [5, 5.41) is 12.5. The summed E-state index contributed by atoms with van der Waals surface area (Å²) in [5.41, 5.74) is 6.51. The number of carbonyl (C=O) groups excluding carboxylic acids is 1. The number of rotatable bonds is 5. The van der Waals surface area contributed by atoms with Crippen molar-refractivity contribution in [3.8, 4) is 0 Å². The largest absolute Gasteiger partial charge is 0.397 e. The van der Waals surface area contributed by atoms with Crippen LogP contribution in [0.25, 0.3) is 10.1 Å². The number of nitrogens with zero attached hydrogens (tertiary/aromatic N) is 1. The average molecular weight is 279 g/mol. The third kappa shape index (κ3) is 3.02. The van der Waals surface area contributed by atoms with Gasteiger partial charge in [-0.25, -0.2) is 0 Å². The fourth-order valence-electron chi connectivity index (χ4n) is 1.90. The molecule has 19 heavy (non-hydrogen) atoms. The summed E-state index contributed by atoms with van der Waals surface area (Å²) < 4.78 is 0.910. The Labute approximate surface area is 115 Å². The van der Waals surface area contributed by atoms with Crippen molar-refractivity contribution in [2.75, 3.05) is 12.3 Å². The number of thiophene rings is 1. The average Bonchev–Trinajstić information content (AvgIpc) is 2.74. The summed E-state index contributed by atoms with van der Waals surface area (Å²) in [6.45, 7) is 2.05. The van der Waals surface area contributed by atoms with Gasteiger partial charge in [0.15, 0.2) is 0 Å². The van der Waals surface area contributed by atoms with Crippen molar-refractivity contribution < 1.29 is 9.90 Å². The molecule has 0 saturated heterocycles. The molecular formula is C13H17N3O2S. The van der Waals surface area contributed by atoms with Gasteiger partial charge in [-0.15, -0.1) is 11.3 Å². The van der Waals surface area contributed by atoms with Crippen LogP contribution < -0.4 is 11.1 Å². The van der Waals surface area contributed by atoms with Gasteiger partial charge in [0.05, 0.1) is 10.4 Å². The molecule has 1 atom stereocenters. The Hall–Kier alpha value is -1.66. The zero-order valence-electron chi connectivity index (χ0n) is 10.7. The predicted molar refractivity (Wildman–Crippen MR) is 77.3 cm³/mol. The maximum Gasteiger partial charge on any atom is 0.263 e. The van der Waals surface area contributed by atoms with E-state index in [2.05, 4.69) is 10.3 Å². The zero-order chi connectivity index (χ0) is 13.8. The van der Waals surface area contributed by atoms with Crippen molar-refractivity contribution in [1.29, 1.82) is 0 Å². The van der Waals surface area contributed by atoms with E-state index in [4.69, 9.17) is 10.8 Å². The van der Waals surface area contributed by atoms with E-state index >= 15 is 0 Å². The Bertz CT molecular complexity index is 582. The van der Waals surface area contributed by atoms with Gasteiger partial charge in [0.2, 0.25) is 0 Å². The Kier molecular flexibility index (Phi) is 4.34. The molecule has 0 radical (unpaired) electrons. The quantitative estimate of drug-likeness (QED) is 0.778. The van der Waals surface area contributed by atoms with Crippen LogP contribution in [0.15, 0.2) is 18.5 Å². The molecule has 0 spiro atoms. The number of aliphatic hydroxyl groups is 1. The molecule has 5 nitrogen and oxygen atoms in total. The minimum Gasteiger partial charge on any atom is -0.397 e. The number of hydrogen-bond acceptors (Lipinski definition) is 5. The number of hydrogen-bond donors (Lipinski definition) is 3. The maximum atomic E-state index is 12.1. The monoisotopic (exact) mass is 279 g/mol. The lowest BCUT2D eigenvalue weighted by Crippen LogP contribution is -2.32. The van der Waals surface area contributed by atoms with Crippen LogP contribution in [0.1, 0.15) is 29.4 Å². The minimum atomic E-state index is -0.163. The first kappa shape index (κ1) is 13.8. The lowest BCUT2D eigenvalue weighted by Gasteiger charge is -2.12. The van der Waals surface area contributed by atoms with Crippen LogP contribution in [-0.2, 0) is 0 Å². The molecule has 0 fully saturated rings. The Morgan fingerprint density at radius 1 is 1.63 bits per heavy atom. The molecule has 4 N–H and O–H groups in total. The van der Waals surface area contributed by atoms with E-state index in [0.717, 1.165) is 16.5 Å². The topological polar surface area (TPSA) is 88.2 Å². The van der Waals surface area contributed by atoms with E-state index in [0.29, 0.717) is 17.0 Å². The third-order valence-corrected chi connectivity index (χ3v) is 4.06. The van der Waals surface area contributed by atoms with Gasteiger partial charge < -0.3 is 16.2 Å². The van der Waals surface area contributed by atoms with Gasteiger partial charge in [-0.2, -0.15) is 0 Å². The van der Waals surface area contributed by atoms with Crippen LogP contribution in [0, 0.1) is 0 Å². The second-order valence-corrected chi connectivity index (χ2v) is 5.51. The lowest BCUT2D eigenvalue weighted by atomic mass is 10.2. The molecule has 1 amide bonds. The molecule has 6 heteroatoms. The highest BCUT2D eigenvalue weighted by Gasteiger charge is 2.17. The first-order chi connectivity index (χ1) is 9.13. The second kappa shape index (κ2) is 5.99. The first-order valence-corrected chi connectivity index (χ1v) is 6.99. The molecule has 102 valence electrons. The van der Waals surface area contributed by atoms with Crippen LogP contribution in [-0.4, -0.2) is 28.6 Å². The first-order valence-electron chi connectivity index (χ1n) is 6.17. The Morgan fingerprint density at radius 3 is 3.11 bits per heavy atom. The number of anilines is 1. The van der Waals surface area contributed by atoms with E-state index in [-0.39, 0.29) is 18.6 Å². The summed E-state index contributed by atoms with van der Waals surface area (Å²) >= 11 is 1.35. The maximum absolute atomic E-state index is 12.1. The van der Waals surface area contributed by atoms with Gasteiger partial charge in [0.1, 0.15) is 4.88 Å². The number of amides is 1. The van der Waals surface area contributed by atoms with E-state index in [9.17, 15) is 4.79 Å². The van der Waals surface area contributed by atoms with E-state index < -0.39 is 0 Å². The molecule has 2 heterocycles. The van der Waals surface area contributed by atoms with Crippen LogP contribution in [0.3, 0.4) is 0 Å². The fourth-order valence-corrected chi connectivity index (χ4v) is 2.89. The Morgan fingerprint density at radius 2 is 2.42 bits per heavy atom. The molecule has 2 aromatic rings. The number of pyridine rings is 1. The van der Waals surface area contributed by atoms with E-state index in [1.165, 1.54) is 11.3 Å². The highest BCUT2D eigenvalue weighted by atomic mass is 32.1. The van der Waals surface area contributed by atoms with Crippen molar-refractivity contribution in [2.24, 2.45) is 0 Å². The van der Waals surface area contributed by atoms with Gasteiger partial charge in [0, 0.05) is 30.4 Å². The number of nitrogens with two attached hydrogens (primary N) is 1. The molecule has 2 aromatic heterocycles. The molecule has 1 unspecified atom stereocenters. The number of nitrogens with one attached hydrogen (secondary N) is 1. The van der Waals surface area contributed by atoms with Gasteiger partial charge in [-0.3, -0.25) is 9.78 Å². The van der Waals surface area contributed by atoms with Gasteiger partial charge in [-0.1, -0.05) is 0 Å².